The van der Waals surface area contributed by atoms with Gasteiger partial charge in [-0.05, 0) is 24.6 Å². The number of aromatic nitrogens is 3. The second-order valence-corrected chi connectivity index (χ2v) is 4.57. The highest BCUT2D eigenvalue weighted by molar-refractivity contribution is 5.88. The fourth-order valence-electron chi connectivity index (χ4n) is 1.98. The van der Waals surface area contributed by atoms with E-state index in [1.807, 2.05) is 6.92 Å². The molecule has 0 saturated carbocycles. The molecule has 0 bridgehead atoms. The van der Waals surface area contributed by atoms with Gasteiger partial charge in [0.15, 0.2) is 0 Å². The highest BCUT2D eigenvalue weighted by atomic mass is 16.4. The molecular formula is C16H11N3O2. The van der Waals surface area contributed by atoms with Crippen LogP contribution in [0.4, 0.5) is 0 Å². The van der Waals surface area contributed by atoms with Crippen molar-refractivity contribution in [3.05, 3.63) is 59.2 Å². The number of pyridine rings is 1. The first kappa shape index (κ1) is 12.9. The summed E-state index contributed by atoms with van der Waals surface area (Å²) in [5.74, 6) is 5.04. The normalized spacial score (nSPS) is 10.1. The fourth-order valence-corrected chi connectivity index (χ4v) is 1.98. The van der Waals surface area contributed by atoms with E-state index < -0.39 is 5.97 Å². The fraction of sp³-hybridized carbons (Fsp3) is 0.0625. The zero-order chi connectivity index (χ0) is 14.8. The van der Waals surface area contributed by atoms with E-state index in [2.05, 4.69) is 26.8 Å². The Bertz CT molecular complexity index is 901. The summed E-state index contributed by atoms with van der Waals surface area (Å²) in [5, 5.41) is 9.03. The summed E-state index contributed by atoms with van der Waals surface area (Å²) < 4.78 is 0. The van der Waals surface area contributed by atoms with E-state index in [1.165, 1.54) is 0 Å². The third kappa shape index (κ3) is 2.47. The van der Waals surface area contributed by atoms with Crippen molar-refractivity contribution in [1.82, 2.24) is 15.0 Å². The molecule has 5 nitrogen and oxygen atoms in total. The molecule has 0 fully saturated rings. The van der Waals surface area contributed by atoms with E-state index >= 15 is 0 Å². The van der Waals surface area contributed by atoms with Crippen molar-refractivity contribution < 1.29 is 9.90 Å². The Morgan fingerprint density at radius 2 is 2.05 bits per heavy atom. The number of benzene rings is 1. The van der Waals surface area contributed by atoms with E-state index in [0.717, 1.165) is 16.6 Å². The largest absolute Gasteiger partial charge is 0.478 e. The van der Waals surface area contributed by atoms with Gasteiger partial charge in [-0.3, -0.25) is 4.98 Å². The number of carboxylic acids is 1. The summed E-state index contributed by atoms with van der Waals surface area (Å²) in [4.78, 5) is 22.3. The Morgan fingerprint density at radius 1 is 1.24 bits per heavy atom. The van der Waals surface area contributed by atoms with Gasteiger partial charge in [0.2, 0.25) is 0 Å². The van der Waals surface area contributed by atoms with Crippen LogP contribution in [0.3, 0.4) is 0 Å². The molecule has 102 valence electrons. The molecule has 0 aliphatic heterocycles. The predicted octanol–water partition coefficient (Wildman–Crippen LogP) is 2.36. The summed E-state index contributed by atoms with van der Waals surface area (Å²) in [6.45, 7) is 1.89. The van der Waals surface area contributed by atoms with Crippen LogP contribution in [0.5, 0.6) is 0 Å². The molecule has 3 aromatic rings. The zero-order valence-corrected chi connectivity index (χ0v) is 11.2. The first-order valence-corrected chi connectivity index (χ1v) is 6.28. The molecule has 0 saturated heterocycles. The predicted molar refractivity (Wildman–Crippen MR) is 78.0 cm³/mol. The van der Waals surface area contributed by atoms with Gasteiger partial charge in [-0.25, -0.2) is 9.78 Å². The van der Waals surface area contributed by atoms with Gasteiger partial charge in [-0.1, -0.05) is 17.9 Å². The lowest BCUT2D eigenvalue weighted by molar-refractivity contribution is 0.0697. The summed E-state index contributed by atoms with van der Waals surface area (Å²) in [7, 11) is 0. The Kier molecular flexibility index (Phi) is 3.13. The van der Waals surface area contributed by atoms with Gasteiger partial charge >= 0.3 is 5.97 Å². The molecule has 0 aliphatic rings. The molecular weight excluding hydrogens is 266 g/mol. The molecule has 0 aliphatic carbocycles. The van der Waals surface area contributed by atoms with Crippen LogP contribution in [0.15, 0.2) is 36.9 Å². The minimum atomic E-state index is -0.964. The number of fused-ring (bicyclic) bond motifs is 1. The molecule has 0 radical (unpaired) electrons. The van der Waals surface area contributed by atoms with Gasteiger partial charge in [0.1, 0.15) is 5.52 Å². The number of imidazole rings is 1. The minimum absolute atomic E-state index is 0.223. The van der Waals surface area contributed by atoms with Gasteiger partial charge in [-0.2, -0.15) is 0 Å². The molecule has 0 amide bonds. The van der Waals surface area contributed by atoms with E-state index in [-0.39, 0.29) is 5.56 Å². The molecule has 2 aromatic heterocycles. The van der Waals surface area contributed by atoms with Gasteiger partial charge in [0, 0.05) is 11.8 Å². The van der Waals surface area contributed by atoms with Crippen molar-refractivity contribution in [3.63, 3.8) is 0 Å². The number of hydrogen-bond acceptors (Lipinski definition) is 3. The quantitative estimate of drug-likeness (QED) is 0.669. The van der Waals surface area contributed by atoms with Crippen LogP contribution >= 0.6 is 0 Å². The van der Waals surface area contributed by atoms with Crippen LogP contribution in [0.1, 0.15) is 27.0 Å². The SMILES string of the molecule is Cc1ccc(C(=O)O)cc1C#Cc1cncc2[nH]cnc12. The second kappa shape index (κ2) is 5.10. The maximum Gasteiger partial charge on any atom is 0.335 e. The van der Waals surface area contributed by atoms with Crippen molar-refractivity contribution in [2.24, 2.45) is 0 Å². The molecule has 5 heteroatoms. The first-order chi connectivity index (χ1) is 10.1. The zero-order valence-electron chi connectivity index (χ0n) is 11.2. The summed E-state index contributed by atoms with van der Waals surface area (Å²) in [6.07, 6.45) is 4.92. The van der Waals surface area contributed by atoms with Crippen LogP contribution in [0.25, 0.3) is 11.0 Å². The lowest BCUT2D eigenvalue weighted by Crippen LogP contribution is -1.97. The maximum atomic E-state index is 11.0. The van der Waals surface area contributed by atoms with Crippen LogP contribution in [0, 0.1) is 18.8 Å². The maximum absolute atomic E-state index is 11.0. The van der Waals surface area contributed by atoms with Crippen molar-refractivity contribution >= 4 is 17.0 Å². The molecule has 0 atom stereocenters. The Morgan fingerprint density at radius 3 is 2.86 bits per heavy atom. The van der Waals surface area contributed by atoms with Gasteiger partial charge in [0.25, 0.3) is 0 Å². The number of rotatable bonds is 1. The van der Waals surface area contributed by atoms with Crippen molar-refractivity contribution in [2.45, 2.75) is 6.92 Å². The number of nitrogens with zero attached hydrogens (tertiary/aromatic N) is 2. The van der Waals surface area contributed by atoms with E-state index in [9.17, 15) is 4.79 Å². The average Bonchev–Trinajstić information content (AvgIpc) is 2.95. The lowest BCUT2D eigenvalue weighted by Gasteiger charge is -2.00. The molecule has 0 unspecified atom stereocenters. The van der Waals surface area contributed by atoms with Crippen LogP contribution < -0.4 is 0 Å². The van der Waals surface area contributed by atoms with Crippen molar-refractivity contribution in [3.8, 4) is 11.8 Å². The van der Waals surface area contributed by atoms with E-state index in [1.54, 1.807) is 36.9 Å². The summed E-state index contributed by atoms with van der Waals surface area (Å²) >= 11 is 0. The standard InChI is InChI=1S/C16H11N3O2/c1-10-2-3-12(16(20)21)6-11(10)4-5-13-7-17-8-14-15(13)19-9-18-14/h2-3,6-9H,1H3,(H,18,19)(H,20,21). The average molecular weight is 277 g/mol. The number of aryl methyl sites for hydroxylation is 1. The van der Waals surface area contributed by atoms with Gasteiger partial charge < -0.3 is 10.1 Å². The third-order valence-corrected chi connectivity index (χ3v) is 3.15. The first-order valence-electron chi connectivity index (χ1n) is 6.28. The van der Waals surface area contributed by atoms with Crippen molar-refractivity contribution in [2.75, 3.05) is 0 Å². The molecule has 2 heterocycles. The molecule has 3 rings (SSSR count). The molecule has 21 heavy (non-hydrogen) atoms. The minimum Gasteiger partial charge on any atom is -0.478 e. The molecule has 1 aromatic carbocycles. The van der Waals surface area contributed by atoms with Crippen LogP contribution in [-0.4, -0.2) is 26.0 Å². The van der Waals surface area contributed by atoms with Gasteiger partial charge in [0.05, 0.1) is 29.2 Å². The number of aromatic amines is 1. The summed E-state index contributed by atoms with van der Waals surface area (Å²) in [6, 6.07) is 4.89. The smallest absolute Gasteiger partial charge is 0.335 e. The van der Waals surface area contributed by atoms with Crippen molar-refractivity contribution in [1.29, 1.82) is 0 Å². The molecule has 2 N–H and O–H groups in total. The Labute approximate surface area is 120 Å². The van der Waals surface area contributed by atoms with E-state index in [0.29, 0.717) is 11.1 Å². The number of aromatic carboxylic acids is 1. The molecule has 0 spiro atoms. The monoisotopic (exact) mass is 277 g/mol. The highest BCUT2D eigenvalue weighted by Gasteiger charge is 2.05. The lowest BCUT2D eigenvalue weighted by atomic mass is 10.0. The second-order valence-electron chi connectivity index (χ2n) is 4.57. The van der Waals surface area contributed by atoms with E-state index in [4.69, 9.17) is 5.11 Å². The van der Waals surface area contributed by atoms with Gasteiger partial charge in [-0.15, -0.1) is 0 Å². The number of carbonyl (C=O) groups is 1. The number of hydrogen-bond donors (Lipinski definition) is 2. The Hall–Kier alpha value is -3.13. The number of H-pyrrole nitrogens is 1. The third-order valence-electron chi connectivity index (χ3n) is 3.15. The highest BCUT2D eigenvalue weighted by Crippen LogP contribution is 2.13. The summed E-state index contributed by atoms with van der Waals surface area (Å²) in [5.41, 5.74) is 4.11. The topological polar surface area (TPSA) is 78.9 Å². The van der Waals surface area contributed by atoms with Crippen LogP contribution in [0.2, 0.25) is 0 Å². The Balaban J connectivity index is 2.07. The van der Waals surface area contributed by atoms with Crippen LogP contribution in [-0.2, 0) is 0 Å². The number of nitrogens with one attached hydrogen (secondary N) is 1. The number of carboxylic acid groups (broad SMARTS) is 1.